The Bertz CT molecular complexity index is 597. The van der Waals surface area contributed by atoms with Gasteiger partial charge in [-0.25, -0.2) is 0 Å². The summed E-state index contributed by atoms with van der Waals surface area (Å²) in [4.78, 5) is 10.4. The molecule has 102 valence electrons. The van der Waals surface area contributed by atoms with E-state index in [2.05, 4.69) is 19.9 Å². The maximum absolute atomic E-state index is 10.4. The highest BCUT2D eigenvalue weighted by molar-refractivity contribution is 6.72. The third kappa shape index (κ3) is 2.82. The summed E-state index contributed by atoms with van der Waals surface area (Å²) in [6.07, 6.45) is 0.852. The zero-order valence-corrected chi connectivity index (χ0v) is 13.1. The second-order valence-corrected chi connectivity index (χ2v) is 10.9. The number of hydrogen-bond donors (Lipinski definition) is 2. The summed E-state index contributed by atoms with van der Waals surface area (Å²) in [7, 11) is -2.22. The van der Waals surface area contributed by atoms with E-state index < -0.39 is 8.32 Å². The minimum absolute atomic E-state index is 0.0842. The first kappa shape index (κ1) is 14.1. The van der Waals surface area contributed by atoms with Gasteiger partial charge >= 0.3 is 0 Å². The first-order valence-electron chi connectivity index (χ1n) is 6.64. The van der Waals surface area contributed by atoms with Gasteiger partial charge < -0.3 is 9.90 Å². The number of hydrogen-bond acceptors (Lipinski definition) is 2. The van der Waals surface area contributed by atoms with Crippen LogP contribution >= 0.6 is 0 Å². The highest BCUT2D eigenvalue weighted by Crippen LogP contribution is 2.40. The smallest absolute Gasteiger partial charge is 0.188 e. The lowest BCUT2D eigenvalue weighted by atomic mass is 9.96. The van der Waals surface area contributed by atoms with Crippen molar-refractivity contribution < 1.29 is 9.90 Å². The fourth-order valence-electron chi connectivity index (χ4n) is 2.18. The maximum Gasteiger partial charge on any atom is 0.188 e. The second kappa shape index (κ2) is 4.65. The number of phenolic OH excluding ortho intramolecular Hbond substituents is 1. The SMILES string of the molecule is CC(C)(Cc1cccc2cc(O)ccc12)[Si](C)(C)O. The Hall–Kier alpha value is -1.32. The van der Waals surface area contributed by atoms with Crippen molar-refractivity contribution in [1.29, 1.82) is 0 Å². The third-order valence-corrected chi connectivity index (χ3v) is 7.73. The van der Waals surface area contributed by atoms with Crippen LogP contribution in [0.5, 0.6) is 5.75 Å². The fourth-order valence-corrected chi connectivity index (χ4v) is 2.81. The van der Waals surface area contributed by atoms with Crippen LogP contribution in [0, 0.1) is 0 Å². The minimum atomic E-state index is -2.22. The lowest BCUT2D eigenvalue weighted by Gasteiger charge is -2.35. The van der Waals surface area contributed by atoms with E-state index in [0.717, 1.165) is 17.2 Å². The van der Waals surface area contributed by atoms with Crippen molar-refractivity contribution in [3.05, 3.63) is 42.0 Å². The predicted molar refractivity (Wildman–Crippen MR) is 83.1 cm³/mol. The third-order valence-electron chi connectivity index (χ3n) is 4.24. The monoisotopic (exact) mass is 274 g/mol. The van der Waals surface area contributed by atoms with Gasteiger partial charge in [0.05, 0.1) is 0 Å². The topological polar surface area (TPSA) is 40.5 Å². The molecule has 2 nitrogen and oxygen atoms in total. The van der Waals surface area contributed by atoms with Crippen molar-refractivity contribution in [3.63, 3.8) is 0 Å². The first-order valence-corrected chi connectivity index (χ1v) is 9.58. The van der Waals surface area contributed by atoms with Crippen molar-refractivity contribution in [1.82, 2.24) is 0 Å². The molecular formula is C16H22O2Si. The molecule has 2 aromatic carbocycles. The van der Waals surface area contributed by atoms with E-state index in [1.54, 1.807) is 12.1 Å². The summed E-state index contributed by atoms with van der Waals surface area (Å²) in [6.45, 7) is 8.25. The molecule has 0 fully saturated rings. The molecule has 3 heteroatoms. The van der Waals surface area contributed by atoms with Crippen LogP contribution in [-0.2, 0) is 6.42 Å². The van der Waals surface area contributed by atoms with Crippen LogP contribution in [0.25, 0.3) is 10.8 Å². The summed E-state index contributed by atoms with van der Waals surface area (Å²) < 4.78 is 0. The van der Waals surface area contributed by atoms with Gasteiger partial charge in [0, 0.05) is 0 Å². The summed E-state index contributed by atoms with van der Waals surface area (Å²) in [5, 5.41) is 11.7. The van der Waals surface area contributed by atoms with Gasteiger partial charge in [0.1, 0.15) is 5.75 Å². The second-order valence-electron chi connectivity index (χ2n) is 6.44. The molecule has 0 spiro atoms. The molecule has 2 rings (SSSR count). The number of phenols is 1. The molecule has 0 radical (unpaired) electrons. The number of benzene rings is 2. The normalized spacial score (nSPS) is 12.9. The standard InChI is InChI=1S/C16H22O2Si/c1-16(2,19(3,4)18)11-13-7-5-6-12-10-14(17)8-9-15(12)13/h5-10,17-18H,11H2,1-4H3. The van der Waals surface area contributed by atoms with Gasteiger partial charge in [0.2, 0.25) is 0 Å². The highest BCUT2D eigenvalue weighted by atomic mass is 28.4. The lowest BCUT2D eigenvalue weighted by molar-refractivity contribution is 0.468. The van der Waals surface area contributed by atoms with Crippen LogP contribution in [0.4, 0.5) is 0 Å². The molecule has 2 N–H and O–H groups in total. The molecule has 0 aliphatic carbocycles. The summed E-state index contributed by atoms with van der Waals surface area (Å²) >= 11 is 0. The van der Waals surface area contributed by atoms with Crippen LogP contribution in [0.15, 0.2) is 36.4 Å². The Morgan fingerprint density at radius 2 is 1.79 bits per heavy atom. The Kier molecular flexibility index (Phi) is 3.45. The molecule has 19 heavy (non-hydrogen) atoms. The van der Waals surface area contributed by atoms with E-state index in [1.165, 1.54) is 5.56 Å². The predicted octanol–water partition coefficient (Wildman–Crippen LogP) is 4.07. The van der Waals surface area contributed by atoms with Gasteiger partial charge in [-0.2, -0.15) is 0 Å². The molecule has 0 bridgehead atoms. The Labute approximate surface area is 115 Å². The average Bonchev–Trinajstić information content (AvgIpc) is 2.26. The molecule has 0 atom stereocenters. The molecular weight excluding hydrogens is 252 g/mol. The van der Waals surface area contributed by atoms with Crippen LogP contribution < -0.4 is 0 Å². The van der Waals surface area contributed by atoms with Gasteiger partial charge in [-0.1, -0.05) is 38.1 Å². The zero-order valence-electron chi connectivity index (χ0n) is 12.1. The summed E-state index contributed by atoms with van der Waals surface area (Å²) in [5.41, 5.74) is 1.23. The van der Waals surface area contributed by atoms with E-state index in [9.17, 15) is 9.90 Å². The van der Waals surface area contributed by atoms with Crippen LogP contribution in [0.1, 0.15) is 19.4 Å². The van der Waals surface area contributed by atoms with Crippen molar-refractivity contribution in [3.8, 4) is 5.75 Å². The molecule has 0 aliphatic rings. The largest absolute Gasteiger partial charge is 0.508 e. The van der Waals surface area contributed by atoms with Crippen molar-refractivity contribution in [2.75, 3.05) is 0 Å². The molecule has 0 saturated carbocycles. The summed E-state index contributed by atoms with van der Waals surface area (Å²) in [6, 6.07) is 11.6. The fraction of sp³-hybridized carbons (Fsp3) is 0.375. The Morgan fingerprint density at radius 3 is 2.42 bits per heavy atom. The number of aromatic hydroxyl groups is 1. The average molecular weight is 274 g/mol. The molecule has 0 heterocycles. The van der Waals surface area contributed by atoms with E-state index in [1.807, 2.05) is 31.3 Å². The van der Waals surface area contributed by atoms with Crippen molar-refractivity contribution in [2.24, 2.45) is 0 Å². The van der Waals surface area contributed by atoms with Gasteiger partial charge in [-0.3, -0.25) is 0 Å². The quantitative estimate of drug-likeness (QED) is 0.828. The summed E-state index contributed by atoms with van der Waals surface area (Å²) in [5.74, 6) is 0.292. The number of fused-ring (bicyclic) bond motifs is 1. The number of rotatable bonds is 3. The van der Waals surface area contributed by atoms with E-state index in [0.29, 0.717) is 5.75 Å². The molecule has 2 aromatic rings. The highest BCUT2D eigenvalue weighted by Gasteiger charge is 2.38. The lowest BCUT2D eigenvalue weighted by Crippen LogP contribution is -2.40. The zero-order chi connectivity index (χ0) is 14.3. The van der Waals surface area contributed by atoms with Crippen LogP contribution in [0.2, 0.25) is 18.1 Å². The van der Waals surface area contributed by atoms with Gasteiger partial charge in [-0.05, 0) is 53.0 Å². The first-order chi connectivity index (χ1) is 8.71. The van der Waals surface area contributed by atoms with E-state index in [-0.39, 0.29) is 5.04 Å². The van der Waals surface area contributed by atoms with Gasteiger partial charge in [0.15, 0.2) is 8.32 Å². The van der Waals surface area contributed by atoms with Crippen molar-refractivity contribution >= 4 is 19.1 Å². The van der Waals surface area contributed by atoms with Crippen molar-refractivity contribution in [2.45, 2.75) is 38.4 Å². The van der Waals surface area contributed by atoms with Gasteiger partial charge in [0.25, 0.3) is 0 Å². The van der Waals surface area contributed by atoms with Gasteiger partial charge in [-0.15, -0.1) is 0 Å². The Morgan fingerprint density at radius 1 is 1.11 bits per heavy atom. The minimum Gasteiger partial charge on any atom is -0.508 e. The Balaban J connectivity index is 2.47. The molecule has 0 saturated heterocycles. The van der Waals surface area contributed by atoms with Crippen LogP contribution in [-0.4, -0.2) is 18.2 Å². The van der Waals surface area contributed by atoms with Crippen LogP contribution in [0.3, 0.4) is 0 Å². The molecule has 0 aliphatic heterocycles. The molecule has 0 aromatic heterocycles. The van der Waals surface area contributed by atoms with E-state index >= 15 is 0 Å². The molecule has 0 amide bonds. The maximum atomic E-state index is 10.4. The van der Waals surface area contributed by atoms with E-state index in [4.69, 9.17) is 0 Å². The molecule has 0 unspecified atom stereocenters.